The van der Waals surface area contributed by atoms with Crippen molar-refractivity contribution in [2.75, 3.05) is 12.3 Å². The Morgan fingerprint density at radius 1 is 0.750 bits per heavy atom. The third kappa shape index (κ3) is 9.93. The van der Waals surface area contributed by atoms with E-state index in [4.69, 9.17) is 16.9 Å². The highest BCUT2D eigenvalue weighted by molar-refractivity contribution is 7.80. The molecule has 4 aromatic rings. The van der Waals surface area contributed by atoms with Gasteiger partial charge in [0.15, 0.2) is 5.96 Å². The summed E-state index contributed by atoms with van der Waals surface area (Å²) in [5.41, 5.74) is 13.3. The average molecular weight is 672 g/mol. The van der Waals surface area contributed by atoms with Crippen molar-refractivity contribution in [3.63, 3.8) is 0 Å². The summed E-state index contributed by atoms with van der Waals surface area (Å²) in [5, 5.41) is 31.4. The van der Waals surface area contributed by atoms with Crippen molar-refractivity contribution in [3.8, 4) is 0 Å². The predicted octanol–water partition coefficient (Wildman–Crippen LogP) is 1.84. The third-order valence-corrected chi connectivity index (χ3v) is 8.32. The second-order valence-electron chi connectivity index (χ2n) is 11.5. The zero-order valence-electron chi connectivity index (χ0n) is 26.3. The number of guanidine groups is 1. The zero-order valence-corrected chi connectivity index (χ0v) is 27.2. The normalized spacial score (nSPS) is 13.5. The Balaban J connectivity index is 1.54. The molecule has 0 aliphatic heterocycles. The molecule has 0 aromatic heterocycles. The summed E-state index contributed by atoms with van der Waals surface area (Å²) < 4.78 is 0. The molecule has 0 radical (unpaired) electrons. The van der Waals surface area contributed by atoms with E-state index in [0.29, 0.717) is 6.42 Å². The Labute approximate surface area is 283 Å². The number of carbonyl (C=O) groups is 4. The maximum atomic E-state index is 13.8. The first-order valence-corrected chi connectivity index (χ1v) is 16.2. The van der Waals surface area contributed by atoms with Crippen LogP contribution in [-0.4, -0.2) is 71.2 Å². The molecule has 48 heavy (non-hydrogen) atoms. The predicted molar refractivity (Wildman–Crippen MR) is 190 cm³/mol. The van der Waals surface area contributed by atoms with Gasteiger partial charge in [0.2, 0.25) is 17.7 Å². The molecule has 0 aliphatic rings. The van der Waals surface area contributed by atoms with Gasteiger partial charge < -0.3 is 37.8 Å². The van der Waals surface area contributed by atoms with Gasteiger partial charge in [0.05, 0.1) is 6.04 Å². The van der Waals surface area contributed by atoms with E-state index >= 15 is 0 Å². The number of nitrogens with two attached hydrogens (primary N) is 2. The largest absolute Gasteiger partial charge is 0.480 e. The first-order valence-electron chi connectivity index (χ1n) is 15.6. The maximum Gasteiger partial charge on any atom is 0.327 e. The topological polar surface area (TPSA) is 213 Å². The van der Waals surface area contributed by atoms with E-state index < -0.39 is 47.9 Å². The number of hydrogen-bond donors (Lipinski definition) is 9. The van der Waals surface area contributed by atoms with Crippen molar-refractivity contribution < 1.29 is 24.3 Å². The summed E-state index contributed by atoms with van der Waals surface area (Å²) in [5.74, 6) is -3.58. The summed E-state index contributed by atoms with van der Waals surface area (Å²) >= 11 is 4.05. The summed E-state index contributed by atoms with van der Waals surface area (Å²) in [6, 6.07) is 22.3. The average Bonchev–Trinajstić information content (AvgIpc) is 3.07. The fourth-order valence-corrected chi connectivity index (χ4v) is 5.67. The maximum absolute atomic E-state index is 13.8. The monoisotopic (exact) mass is 671 g/mol. The van der Waals surface area contributed by atoms with Crippen molar-refractivity contribution in [3.05, 3.63) is 96.1 Å². The van der Waals surface area contributed by atoms with Crippen LogP contribution in [0, 0.1) is 5.41 Å². The van der Waals surface area contributed by atoms with Gasteiger partial charge in [-0.25, -0.2) is 4.79 Å². The number of rotatable bonds is 16. The van der Waals surface area contributed by atoms with Crippen LogP contribution < -0.4 is 32.7 Å². The molecule has 0 heterocycles. The molecule has 0 aliphatic carbocycles. The Bertz CT molecular complexity index is 1780. The van der Waals surface area contributed by atoms with Crippen molar-refractivity contribution in [2.45, 2.75) is 49.9 Å². The Morgan fingerprint density at radius 2 is 1.38 bits per heavy atom. The van der Waals surface area contributed by atoms with Gasteiger partial charge >= 0.3 is 5.97 Å². The number of fused-ring (bicyclic) bond motifs is 2. The van der Waals surface area contributed by atoms with Crippen LogP contribution in [0.1, 0.15) is 24.0 Å². The van der Waals surface area contributed by atoms with Gasteiger partial charge in [-0.15, -0.1) is 0 Å². The molecule has 4 aromatic carbocycles. The van der Waals surface area contributed by atoms with Gasteiger partial charge in [-0.2, -0.15) is 12.6 Å². The molecular formula is C35H41N7O5S. The minimum absolute atomic E-state index is 0.0475. The van der Waals surface area contributed by atoms with Crippen LogP contribution in [0.5, 0.6) is 0 Å². The van der Waals surface area contributed by atoms with Crippen molar-refractivity contribution in [1.82, 2.24) is 21.3 Å². The molecule has 0 saturated heterocycles. The smallest absolute Gasteiger partial charge is 0.327 e. The Kier molecular flexibility index (Phi) is 12.7. The van der Waals surface area contributed by atoms with Gasteiger partial charge in [-0.1, -0.05) is 84.9 Å². The molecule has 252 valence electrons. The molecule has 10 N–H and O–H groups in total. The van der Waals surface area contributed by atoms with Gasteiger partial charge in [-0.05, 0) is 51.9 Å². The highest BCUT2D eigenvalue weighted by Crippen LogP contribution is 2.20. The Morgan fingerprint density at radius 3 is 2.08 bits per heavy atom. The van der Waals surface area contributed by atoms with Gasteiger partial charge in [0.1, 0.15) is 18.1 Å². The van der Waals surface area contributed by atoms with E-state index in [-0.39, 0.29) is 37.5 Å². The van der Waals surface area contributed by atoms with Crippen LogP contribution in [0.25, 0.3) is 21.5 Å². The lowest BCUT2D eigenvalue weighted by molar-refractivity contribution is -0.141. The van der Waals surface area contributed by atoms with Gasteiger partial charge in [0.25, 0.3) is 0 Å². The van der Waals surface area contributed by atoms with Crippen LogP contribution >= 0.6 is 12.6 Å². The highest BCUT2D eigenvalue weighted by atomic mass is 32.1. The lowest BCUT2D eigenvalue weighted by Gasteiger charge is -2.25. The number of carboxylic acids is 1. The lowest BCUT2D eigenvalue weighted by atomic mass is 9.97. The van der Waals surface area contributed by atoms with Gasteiger partial charge in [0, 0.05) is 18.7 Å². The van der Waals surface area contributed by atoms with E-state index in [2.05, 4.69) is 33.9 Å². The number of benzene rings is 4. The fraction of sp³-hybridized carbons (Fsp3) is 0.286. The molecule has 12 nitrogen and oxygen atoms in total. The minimum atomic E-state index is -1.28. The third-order valence-electron chi connectivity index (χ3n) is 7.96. The van der Waals surface area contributed by atoms with Crippen LogP contribution in [0.3, 0.4) is 0 Å². The molecule has 4 rings (SSSR count). The molecule has 0 unspecified atom stereocenters. The van der Waals surface area contributed by atoms with Crippen LogP contribution in [0.2, 0.25) is 0 Å². The number of hydrogen-bond acceptors (Lipinski definition) is 7. The van der Waals surface area contributed by atoms with Gasteiger partial charge in [-0.3, -0.25) is 19.8 Å². The van der Waals surface area contributed by atoms with E-state index in [0.717, 1.165) is 32.7 Å². The summed E-state index contributed by atoms with van der Waals surface area (Å²) in [4.78, 5) is 52.4. The molecule has 0 bridgehead atoms. The van der Waals surface area contributed by atoms with Crippen molar-refractivity contribution in [1.29, 1.82) is 5.41 Å². The standard InChI is InChI=1S/C35H41N7O5S/c36-27(18-21-14-15-22-7-1-2-9-24(22)17-21)31(43)40-28(13-6-16-39-35(37)38)32(44)41-29(33(45)42-30(20-48)34(46)47)19-25-11-5-10-23-8-3-4-12-26(23)25/h1-5,7-12,14-15,17,27-30,48H,6,13,16,18-20,36H2,(H,40,43)(H,41,44)(H,42,45)(H,46,47)(H4,37,38,39)/t27-,28+,29+,30+/m1/s1. The number of aliphatic carboxylic acids is 1. The zero-order chi connectivity index (χ0) is 34.6. The molecular weight excluding hydrogens is 630 g/mol. The summed E-state index contributed by atoms with van der Waals surface area (Å²) in [6.45, 7) is 0.264. The number of thiol groups is 1. The second kappa shape index (κ2) is 17.1. The quantitative estimate of drug-likeness (QED) is 0.0370. The molecule has 0 fully saturated rings. The molecule has 0 spiro atoms. The first kappa shape index (κ1) is 35.7. The fourth-order valence-electron chi connectivity index (χ4n) is 5.42. The first-order chi connectivity index (χ1) is 23.0. The number of nitrogens with one attached hydrogen (secondary N) is 5. The minimum Gasteiger partial charge on any atom is -0.480 e. The Hall–Kier alpha value is -5.14. The number of carboxylic acid groups (broad SMARTS) is 1. The lowest BCUT2D eigenvalue weighted by Crippen LogP contribution is -2.58. The molecule has 4 atom stereocenters. The molecule has 0 saturated carbocycles. The molecule has 13 heteroatoms. The van der Waals surface area contributed by atoms with Crippen molar-refractivity contribution >= 4 is 63.8 Å². The van der Waals surface area contributed by atoms with Crippen LogP contribution in [0.15, 0.2) is 84.9 Å². The summed E-state index contributed by atoms with van der Waals surface area (Å²) in [7, 11) is 0. The SMILES string of the molecule is N=C(N)NCCC[C@H](NC(=O)[C@H](N)Cc1ccc2ccccc2c1)C(=O)N[C@@H](Cc1cccc2ccccc12)C(=O)N[C@@H](CS)C(=O)O. The van der Waals surface area contributed by atoms with Crippen LogP contribution in [0.4, 0.5) is 0 Å². The van der Waals surface area contributed by atoms with Crippen LogP contribution in [-0.2, 0) is 32.0 Å². The highest BCUT2D eigenvalue weighted by Gasteiger charge is 2.30. The summed E-state index contributed by atoms with van der Waals surface area (Å²) in [6.07, 6.45) is 0.755. The number of carbonyl (C=O) groups excluding carboxylic acids is 3. The van der Waals surface area contributed by atoms with E-state index in [1.54, 1.807) is 0 Å². The number of amides is 3. The van der Waals surface area contributed by atoms with E-state index in [1.807, 2.05) is 84.9 Å². The second-order valence-corrected chi connectivity index (χ2v) is 11.9. The van der Waals surface area contributed by atoms with E-state index in [1.165, 1.54) is 0 Å². The van der Waals surface area contributed by atoms with Crippen molar-refractivity contribution in [2.24, 2.45) is 11.5 Å². The van der Waals surface area contributed by atoms with E-state index in [9.17, 15) is 24.3 Å². The molecule has 3 amide bonds.